The van der Waals surface area contributed by atoms with Crippen LogP contribution in [0, 0.1) is 5.92 Å². The van der Waals surface area contributed by atoms with Crippen molar-refractivity contribution in [3.63, 3.8) is 0 Å². The van der Waals surface area contributed by atoms with Crippen LogP contribution in [0.25, 0.3) is 22.6 Å². The van der Waals surface area contributed by atoms with Crippen LogP contribution < -0.4 is 5.32 Å². The molecule has 1 N–H and O–H groups in total. The number of nitrogens with zero attached hydrogens (tertiary/aromatic N) is 8. The lowest BCUT2D eigenvalue weighted by Gasteiger charge is -2.25. The van der Waals surface area contributed by atoms with Crippen molar-refractivity contribution in [1.29, 1.82) is 0 Å². The summed E-state index contributed by atoms with van der Waals surface area (Å²) in [6.07, 6.45) is 17.4. The number of fused-ring (bicyclic) bond motifs is 1. The molecule has 5 aromatic rings. The minimum atomic E-state index is 0.552. The Morgan fingerprint density at radius 1 is 1.09 bits per heavy atom. The van der Waals surface area contributed by atoms with Crippen molar-refractivity contribution in [2.24, 2.45) is 5.92 Å². The van der Waals surface area contributed by atoms with Crippen LogP contribution in [-0.2, 0) is 13.1 Å². The molecule has 0 atom stereocenters. The molecular weight excluding hydrogens is 414 g/mol. The number of imidazole rings is 1. The molecule has 5 heterocycles. The first-order valence-electron chi connectivity index (χ1n) is 11.3. The first-order valence-corrected chi connectivity index (χ1v) is 11.3. The Kier molecular flexibility index (Phi) is 5.16. The lowest BCUT2D eigenvalue weighted by atomic mass is 9.85. The van der Waals surface area contributed by atoms with Gasteiger partial charge in [0.05, 0.1) is 30.3 Å². The van der Waals surface area contributed by atoms with Crippen molar-refractivity contribution in [2.75, 3.05) is 6.54 Å². The van der Waals surface area contributed by atoms with Crippen molar-refractivity contribution >= 4 is 5.65 Å². The molecule has 1 saturated carbocycles. The highest BCUT2D eigenvalue weighted by molar-refractivity contribution is 5.59. The second-order valence-electron chi connectivity index (χ2n) is 8.65. The Labute approximate surface area is 191 Å². The predicted octanol–water partition coefficient (Wildman–Crippen LogP) is 3.11. The number of pyridine rings is 2. The minimum absolute atomic E-state index is 0.552. The van der Waals surface area contributed by atoms with Crippen LogP contribution in [0.1, 0.15) is 30.5 Å². The van der Waals surface area contributed by atoms with Crippen LogP contribution in [0.15, 0.2) is 67.6 Å². The summed E-state index contributed by atoms with van der Waals surface area (Å²) in [6.45, 7) is 2.55. The van der Waals surface area contributed by atoms with Gasteiger partial charge in [0.15, 0.2) is 0 Å². The maximum Gasteiger partial charge on any atom is 0.137 e. The molecule has 0 amide bonds. The molecule has 0 radical (unpaired) electrons. The van der Waals surface area contributed by atoms with Crippen LogP contribution in [-0.4, -0.2) is 45.7 Å². The monoisotopic (exact) mass is 439 g/mol. The normalized spacial score (nSPS) is 14.1. The largest absolute Gasteiger partial charge is 0.312 e. The Bertz CT molecular complexity index is 1360. The van der Waals surface area contributed by atoms with E-state index >= 15 is 0 Å². The summed E-state index contributed by atoms with van der Waals surface area (Å²) in [5.74, 6) is 0.866. The first kappa shape index (κ1) is 19.8. The zero-order valence-corrected chi connectivity index (χ0v) is 18.2. The van der Waals surface area contributed by atoms with Gasteiger partial charge in [-0.15, -0.1) is 5.10 Å². The van der Waals surface area contributed by atoms with Gasteiger partial charge in [-0.25, -0.2) is 14.3 Å². The average molecular weight is 440 g/mol. The van der Waals surface area contributed by atoms with E-state index in [9.17, 15) is 0 Å². The Morgan fingerprint density at radius 3 is 2.91 bits per heavy atom. The van der Waals surface area contributed by atoms with Gasteiger partial charge in [-0.1, -0.05) is 17.7 Å². The Balaban J connectivity index is 1.15. The highest BCUT2D eigenvalue weighted by atomic mass is 15.4. The topological polar surface area (TPSA) is 90.8 Å². The van der Waals surface area contributed by atoms with Crippen LogP contribution in [0.4, 0.5) is 0 Å². The van der Waals surface area contributed by atoms with Crippen molar-refractivity contribution in [3.8, 4) is 16.9 Å². The van der Waals surface area contributed by atoms with Gasteiger partial charge in [0.25, 0.3) is 0 Å². The highest BCUT2D eigenvalue weighted by Gasteiger charge is 2.16. The molecular formula is C24H25N9. The van der Waals surface area contributed by atoms with Gasteiger partial charge in [0, 0.05) is 43.1 Å². The minimum Gasteiger partial charge on any atom is -0.312 e. The number of hydrogen-bond donors (Lipinski definition) is 1. The fourth-order valence-corrected chi connectivity index (χ4v) is 4.18. The number of hydrogen-bond acceptors (Lipinski definition) is 6. The van der Waals surface area contributed by atoms with Gasteiger partial charge in [0.1, 0.15) is 11.3 Å². The predicted molar refractivity (Wildman–Crippen MR) is 124 cm³/mol. The second kappa shape index (κ2) is 8.59. The van der Waals surface area contributed by atoms with Gasteiger partial charge in [-0.05, 0) is 49.1 Å². The lowest BCUT2D eigenvalue weighted by molar-refractivity contribution is 0.301. The molecule has 0 aliphatic heterocycles. The second-order valence-corrected chi connectivity index (χ2v) is 8.65. The van der Waals surface area contributed by atoms with Gasteiger partial charge < -0.3 is 9.72 Å². The van der Waals surface area contributed by atoms with E-state index in [-0.39, 0.29) is 0 Å². The maximum absolute atomic E-state index is 4.74. The van der Waals surface area contributed by atoms with E-state index in [1.807, 2.05) is 24.5 Å². The highest BCUT2D eigenvalue weighted by Crippen LogP contribution is 2.25. The quantitative estimate of drug-likeness (QED) is 0.400. The molecule has 0 aromatic carbocycles. The van der Waals surface area contributed by atoms with Crippen LogP contribution in [0.3, 0.4) is 0 Å². The molecule has 1 aliphatic rings. The average Bonchev–Trinajstić information content (AvgIpc) is 3.56. The molecule has 5 aromatic heterocycles. The molecule has 0 saturated heterocycles. The fourth-order valence-electron chi connectivity index (χ4n) is 4.18. The third kappa shape index (κ3) is 4.27. The summed E-state index contributed by atoms with van der Waals surface area (Å²) in [5.41, 5.74) is 5.67. The molecule has 9 heteroatoms. The van der Waals surface area contributed by atoms with Crippen LogP contribution in [0.5, 0.6) is 0 Å². The summed E-state index contributed by atoms with van der Waals surface area (Å²) in [5, 5.41) is 16.5. The molecule has 1 aliphatic carbocycles. The van der Waals surface area contributed by atoms with Gasteiger partial charge >= 0.3 is 0 Å². The van der Waals surface area contributed by atoms with Crippen molar-refractivity contribution < 1.29 is 0 Å². The third-order valence-electron chi connectivity index (χ3n) is 6.20. The lowest BCUT2D eigenvalue weighted by Crippen LogP contribution is -2.26. The van der Waals surface area contributed by atoms with E-state index in [1.54, 1.807) is 28.0 Å². The van der Waals surface area contributed by atoms with E-state index in [0.29, 0.717) is 6.54 Å². The summed E-state index contributed by atoms with van der Waals surface area (Å²) in [4.78, 5) is 9.07. The van der Waals surface area contributed by atoms with E-state index < -0.39 is 0 Å². The van der Waals surface area contributed by atoms with Gasteiger partial charge in [-0.2, -0.15) is 5.10 Å². The summed E-state index contributed by atoms with van der Waals surface area (Å²) in [7, 11) is 0. The summed E-state index contributed by atoms with van der Waals surface area (Å²) < 4.78 is 5.67. The molecule has 9 nitrogen and oxygen atoms in total. The smallest absolute Gasteiger partial charge is 0.137 e. The standard InChI is InChI=1S/C24H25N9/c1-3-18(4-1)10-25-11-19-5-6-24-28-21(15-31(24)14-19)16-32-17-23(29-30-32)20-9-22(13-26-12-20)33-8-2-7-27-33/h2,5-9,12-15,17-18,25H,1,3-4,10-11,16H2. The Morgan fingerprint density at radius 2 is 2.06 bits per heavy atom. The third-order valence-corrected chi connectivity index (χ3v) is 6.20. The van der Waals surface area contributed by atoms with E-state index in [0.717, 1.165) is 47.3 Å². The fraction of sp³-hybridized carbons (Fsp3) is 0.292. The zero-order valence-electron chi connectivity index (χ0n) is 18.2. The van der Waals surface area contributed by atoms with E-state index in [2.05, 4.69) is 54.6 Å². The van der Waals surface area contributed by atoms with Crippen molar-refractivity contribution in [3.05, 3.63) is 78.9 Å². The van der Waals surface area contributed by atoms with E-state index in [1.165, 1.54) is 24.8 Å². The summed E-state index contributed by atoms with van der Waals surface area (Å²) in [6, 6.07) is 8.10. The number of nitrogens with one attached hydrogen (secondary N) is 1. The molecule has 33 heavy (non-hydrogen) atoms. The van der Waals surface area contributed by atoms with Gasteiger partial charge in [-0.3, -0.25) is 4.98 Å². The van der Waals surface area contributed by atoms with Crippen molar-refractivity contribution in [2.45, 2.75) is 32.4 Å². The SMILES string of the molecule is c1cnn(-c2cncc(-c3cn(Cc4cn5cc(CNCC6CCC6)ccc5n4)nn3)c2)c1. The van der Waals surface area contributed by atoms with Gasteiger partial charge in [0.2, 0.25) is 0 Å². The van der Waals surface area contributed by atoms with Crippen LogP contribution in [0.2, 0.25) is 0 Å². The molecule has 166 valence electrons. The summed E-state index contributed by atoms with van der Waals surface area (Å²) >= 11 is 0. The van der Waals surface area contributed by atoms with Crippen LogP contribution >= 0.6 is 0 Å². The Hall–Kier alpha value is -3.85. The van der Waals surface area contributed by atoms with E-state index in [4.69, 9.17) is 4.98 Å². The van der Waals surface area contributed by atoms with Crippen molar-refractivity contribution in [1.82, 2.24) is 44.5 Å². The first-order chi connectivity index (χ1) is 16.3. The molecule has 0 bridgehead atoms. The molecule has 1 fully saturated rings. The zero-order chi connectivity index (χ0) is 22.0. The maximum atomic E-state index is 4.74. The molecule has 6 rings (SSSR count). The molecule has 0 unspecified atom stereocenters. The number of rotatable bonds is 8. The molecule has 0 spiro atoms. The number of aromatic nitrogens is 8.